The lowest BCUT2D eigenvalue weighted by molar-refractivity contribution is -0.164. The van der Waals surface area contributed by atoms with Crippen molar-refractivity contribution in [3.05, 3.63) is 0 Å². The number of aliphatic carboxylic acids is 1. The zero-order valence-electron chi connectivity index (χ0n) is 6.56. The molecule has 0 amide bonds. The van der Waals surface area contributed by atoms with E-state index in [9.17, 15) is 9.90 Å². The molecule has 12 heavy (non-hydrogen) atoms. The maximum atomic E-state index is 10.4. The van der Waals surface area contributed by atoms with Crippen LogP contribution in [0.4, 0.5) is 0 Å². The first-order valence-electron chi connectivity index (χ1n) is 3.77. The van der Waals surface area contributed by atoms with Crippen molar-refractivity contribution >= 4 is 17.7 Å². The number of hydrogen-bond acceptors (Lipinski definition) is 4. The van der Waals surface area contributed by atoms with Crippen LogP contribution in [-0.2, 0) is 4.79 Å². The van der Waals surface area contributed by atoms with Crippen molar-refractivity contribution in [2.75, 3.05) is 11.5 Å². The molecule has 1 aliphatic rings. The maximum absolute atomic E-state index is 10.4. The van der Waals surface area contributed by atoms with Crippen LogP contribution in [0, 0.1) is 0 Å². The second kappa shape index (κ2) is 3.64. The summed E-state index contributed by atoms with van der Waals surface area (Å²) in [4.78, 5) is 10.4. The number of carboxylic acids is 1. The van der Waals surface area contributed by atoms with E-state index in [0.29, 0.717) is 24.3 Å². The molecule has 3 N–H and O–H groups in total. The van der Waals surface area contributed by atoms with Crippen LogP contribution in [0.5, 0.6) is 0 Å². The molecule has 0 aromatic carbocycles. The van der Waals surface area contributed by atoms with Crippen molar-refractivity contribution in [1.29, 1.82) is 0 Å². The lowest BCUT2D eigenvalue weighted by Gasteiger charge is -2.33. The molecule has 0 aliphatic carbocycles. The maximum Gasteiger partial charge on any atom is 0.335 e. The third kappa shape index (κ3) is 1.91. The van der Waals surface area contributed by atoms with Gasteiger partial charge in [-0.15, -0.1) is 0 Å². The molecule has 0 spiro atoms. The first kappa shape index (κ1) is 9.83. The van der Waals surface area contributed by atoms with Crippen molar-refractivity contribution in [2.45, 2.75) is 24.5 Å². The van der Waals surface area contributed by atoms with Crippen molar-refractivity contribution in [2.24, 2.45) is 0 Å². The van der Waals surface area contributed by atoms with Crippen molar-refractivity contribution in [3.63, 3.8) is 0 Å². The molecule has 0 bridgehead atoms. The quantitative estimate of drug-likeness (QED) is 0.559. The van der Waals surface area contributed by atoms with E-state index >= 15 is 0 Å². The van der Waals surface area contributed by atoms with Gasteiger partial charge in [-0.2, -0.15) is 11.8 Å². The van der Waals surface area contributed by atoms with Crippen LogP contribution in [0.25, 0.3) is 0 Å². The number of rotatable bonds is 2. The second-order valence-corrected chi connectivity index (χ2v) is 4.18. The van der Waals surface area contributed by atoms with Gasteiger partial charge < -0.3 is 15.3 Å². The van der Waals surface area contributed by atoms with Gasteiger partial charge in [0.25, 0.3) is 0 Å². The van der Waals surface area contributed by atoms with E-state index in [0.717, 1.165) is 0 Å². The second-order valence-electron chi connectivity index (χ2n) is 2.96. The molecule has 0 aromatic heterocycles. The fraction of sp³-hybridized carbons (Fsp3) is 0.857. The summed E-state index contributed by atoms with van der Waals surface area (Å²) in [5, 5.41) is 27.3. The Bertz CT molecular complexity index is 176. The number of hydrogen-bond donors (Lipinski definition) is 3. The normalized spacial score (nSPS) is 24.8. The summed E-state index contributed by atoms with van der Waals surface area (Å²) in [7, 11) is 0. The smallest absolute Gasteiger partial charge is 0.335 e. The van der Waals surface area contributed by atoms with E-state index in [1.165, 1.54) is 0 Å². The van der Waals surface area contributed by atoms with E-state index in [1.54, 1.807) is 11.8 Å². The highest BCUT2D eigenvalue weighted by atomic mass is 32.2. The number of aliphatic hydroxyl groups is 2. The van der Waals surface area contributed by atoms with Gasteiger partial charge in [-0.3, -0.25) is 0 Å². The van der Waals surface area contributed by atoms with E-state index in [2.05, 4.69) is 0 Å². The number of carbonyl (C=O) groups is 1. The van der Waals surface area contributed by atoms with Gasteiger partial charge in [-0.25, -0.2) is 4.79 Å². The van der Waals surface area contributed by atoms with Gasteiger partial charge in [0.2, 0.25) is 0 Å². The van der Waals surface area contributed by atoms with Gasteiger partial charge in [0.1, 0.15) is 5.60 Å². The molecule has 1 unspecified atom stereocenters. The Labute approximate surface area is 74.6 Å². The highest BCUT2D eigenvalue weighted by Crippen LogP contribution is 2.29. The Morgan fingerprint density at radius 2 is 1.92 bits per heavy atom. The Kier molecular flexibility index (Phi) is 2.98. The minimum absolute atomic E-state index is 0.352. The van der Waals surface area contributed by atoms with Crippen LogP contribution in [0.15, 0.2) is 0 Å². The zero-order valence-corrected chi connectivity index (χ0v) is 7.38. The van der Waals surface area contributed by atoms with Crippen LogP contribution < -0.4 is 0 Å². The summed E-state index contributed by atoms with van der Waals surface area (Å²) >= 11 is 1.66. The van der Waals surface area contributed by atoms with Gasteiger partial charge in [-0.1, -0.05) is 0 Å². The summed E-state index contributed by atoms with van der Waals surface area (Å²) < 4.78 is 0. The first-order chi connectivity index (χ1) is 5.56. The van der Waals surface area contributed by atoms with Gasteiger partial charge >= 0.3 is 5.97 Å². The molecule has 1 atom stereocenters. The van der Waals surface area contributed by atoms with Crippen LogP contribution in [0.3, 0.4) is 0 Å². The molecule has 1 fully saturated rings. The molecule has 1 heterocycles. The predicted octanol–water partition coefficient (Wildman–Crippen LogP) is -0.310. The van der Waals surface area contributed by atoms with Crippen molar-refractivity contribution < 1.29 is 20.1 Å². The SMILES string of the molecule is O=C(O)C(O)C1(O)CCSCC1. The predicted molar refractivity (Wildman–Crippen MR) is 45.2 cm³/mol. The zero-order chi connectivity index (χ0) is 9.19. The van der Waals surface area contributed by atoms with Gasteiger partial charge in [0.05, 0.1) is 0 Å². The molecule has 5 heteroatoms. The molecule has 0 saturated carbocycles. The summed E-state index contributed by atoms with van der Waals surface area (Å²) in [5.41, 5.74) is -1.41. The molecule has 1 aliphatic heterocycles. The number of carboxylic acid groups (broad SMARTS) is 1. The molecular formula is C7H12O4S. The highest BCUT2D eigenvalue weighted by molar-refractivity contribution is 7.99. The largest absolute Gasteiger partial charge is 0.479 e. The topological polar surface area (TPSA) is 77.8 Å². The first-order valence-corrected chi connectivity index (χ1v) is 4.93. The third-order valence-electron chi connectivity index (χ3n) is 2.10. The Morgan fingerprint density at radius 3 is 2.33 bits per heavy atom. The molecule has 1 saturated heterocycles. The Hall–Kier alpha value is -0.260. The van der Waals surface area contributed by atoms with Crippen LogP contribution in [0.1, 0.15) is 12.8 Å². The monoisotopic (exact) mass is 192 g/mol. The average molecular weight is 192 g/mol. The van der Waals surface area contributed by atoms with Crippen LogP contribution in [0.2, 0.25) is 0 Å². The van der Waals surface area contributed by atoms with E-state index in [4.69, 9.17) is 10.2 Å². The van der Waals surface area contributed by atoms with Gasteiger partial charge in [0, 0.05) is 0 Å². The van der Waals surface area contributed by atoms with Crippen molar-refractivity contribution in [3.8, 4) is 0 Å². The van der Waals surface area contributed by atoms with E-state index in [-0.39, 0.29) is 0 Å². The lowest BCUT2D eigenvalue weighted by Crippen LogP contribution is -2.49. The summed E-state index contributed by atoms with van der Waals surface area (Å²) in [5.74, 6) is 0.0752. The van der Waals surface area contributed by atoms with E-state index in [1.807, 2.05) is 0 Å². The van der Waals surface area contributed by atoms with E-state index < -0.39 is 17.7 Å². The summed E-state index contributed by atoms with van der Waals surface area (Å²) in [6.45, 7) is 0. The van der Waals surface area contributed by atoms with Crippen LogP contribution in [-0.4, -0.2) is 44.5 Å². The molecular weight excluding hydrogens is 180 g/mol. The Balaban J connectivity index is 2.62. The molecule has 0 radical (unpaired) electrons. The van der Waals surface area contributed by atoms with Crippen molar-refractivity contribution in [1.82, 2.24) is 0 Å². The molecule has 4 nitrogen and oxygen atoms in total. The standard InChI is InChI=1S/C7H12O4S/c8-5(6(9)10)7(11)1-3-12-4-2-7/h5,8,11H,1-4H2,(H,9,10). The minimum Gasteiger partial charge on any atom is -0.479 e. The fourth-order valence-electron chi connectivity index (χ4n) is 1.23. The lowest BCUT2D eigenvalue weighted by atomic mass is 9.90. The molecule has 0 aromatic rings. The minimum atomic E-state index is -1.64. The highest BCUT2D eigenvalue weighted by Gasteiger charge is 2.41. The third-order valence-corrected chi connectivity index (χ3v) is 3.09. The fourth-order valence-corrected chi connectivity index (χ4v) is 2.43. The molecule has 70 valence electrons. The van der Waals surface area contributed by atoms with Gasteiger partial charge in [-0.05, 0) is 24.3 Å². The molecule has 1 rings (SSSR count). The number of thioether (sulfide) groups is 1. The Morgan fingerprint density at radius 1 is 1.42 bits per heavy atom. The number of aliphatic hydroxyl groups excluding tert-OH is 1. The summed E-state index contributed by atoms with van der Waals surface area (Å²) in [6, 6.07) is 0. The summed E-state index contributed by atoms with van der Waals surface area (Å²) in [6.07, 6.45) is -0.936. The van der Waals surface area contributed by atoms with Crippen LogP contribution >= 0.6 is 11.8 Å². The van der Waals surface area contributed by atoms with Gasteiger partial charge in [0.15, 0.2) is 6.10 Å². The average Bonchev–Trinajstić information content (AvgIpc) is 2.04.